The third kappa shape index (κ3) is 3.43. The molecule has 3 rings (SSSR count). The number of hydrogen-bond donors (Lipinski definition) is 0. The molecule has 0 aliphatic carbocycles. The lowest BCUT2D eigenvalue weighted by Crippen LogP contribution is -2.40. The minimum Gasteiger partial charge on any atom is -0.450 e. The molecule has 7 nitrogen and oxygen atoms in total. The second kappa shape index (κ2) is 6.27. The van der Waals surface area contributed by atoms with Gasteiger partial charge >= 0.3 is 5.97 Å². The predicted octanol–water partition coefficient (Wildman–Crippen LogP) is 1.24. The van der Waals surface area contributed by atoms with Gasteiger partial charge in [-0.1, -0.05) is 18.2 Å². The van der Waals surface area contributed by atoms with Crippen LogP contribution in [0.25, 0.3) is 11.0 Å². The van der Waals surface area contributed by atoms with Gasteiger partial charge in [-0.25, -0.2) is 13.2 Å². The van der Waals surface area contributed by atoms with Crippen molar-refractivity contribution in [2.24, 2.45) is 0 Å². The van der Waals surface area contributed by atoms with E-state index in [0.717, 1.165) is 5.39 Å². The van der Waals surface area contributed by atoms with E-state index in [1.165, 1.54) is 11.9 Å². The molecule has 1 aliphatic heterocycles. The van der Waals surface area contributed by atoms with Crippen LogP contribution in [-0.2, 0) is 19.4 Å². The fourth-order valence-corrected chi connectivity index (χ4v) is 4.44. The van der Waals surface area contributed by atoms with Gasteiger partial charge in [0.15, 0.2) is 16.4 Å². The Morgan fingerprint density at radius 1 is 1.33 bits per heavy atom. The van der Waals surface area contributed by atoms with Gasteiger partial charge in [0.25, 0.3) is 5.91 Å². The Morgan fingerprint density at radius 3 is 2.75 bits per heavy atom. The summed E-state index contributed by atoms with van der Waals surface area (Å²) >= 11 is 0. The van der Waals surface area contributed by atoms with E-state index in [1.807, 2.05) is 6.07 Å². The summed E-state index contributed by atoms with van der Waals surface area (Å²) in [5.74, 6) is -1.12. The van der Waals surface area contributed by atoms with Crippen LogP contribution in [0.3, 0.4) is 0 Å². The average molecular weight is 351 g/mol. The van der Waals surface area contributed by atoms with E-state index in [0.29, 0.717) is 12.0 Å². The molecular weight excluding hydrogens is 334 g/mol. The van der Waals surface area contributed by atoms with Gasteiger partial charge in [-0.05, 0) is 18.6 Å². The molecule has 1 aromatic carbocycles. The summed E-state index contributed by atoms with van der Waals surface area (Å²) < 4.78 is 33.3. The van der Waals surface area contributed by atoms with Gasteiger partial charge in [0.1, 0.15) is 5.58 Å². The van der Waals surface area contributed by atoms with Crippen LogP contribution in [0.4, 0.5) is 0 Å². The quantitative estimate of drug-likeness (QED) is 0.769. The third-order valence-electron chi connectivity index (χ3n) is 4.10. The standard InChI is InChI=1S/C16H17NO6S/c1-17(12-6-7-24(20,21)10-12)15(18)9-22-16(19)14-8-11-4-2-3-5-13(11)23-14/h2-5,8,12H,6-7,9-10H2,1H3/t12-/m1/s1. The number of para-hydroxylation sites is 1. The Bertz CT molecular complexity index is 852. The van der Waals surface area contributed by atoms with Crippen molar-refractivity contribution in [1.82, 2.24) is 4.90 Å². The third-order valence-corrected chi connectivity index (χ3v) is 5.85. The molecule has 1 amide bonds. The zero-order valence-corrected chi connectivity index (χ0v) is 13.9. The van der Waals surface area contributed by atoms with Crippen LogP contribution in [-0.4, -0.2) is 56.4 Å². The number of furan rings is 1. The molecule has 2 aromatic rings. The molecule has 1 aliphatic rings. The Labute approximate surface area is 139 Å². The second-order valence-electron chi connectivity index (χ2n) is 5.79. The number of amides is 1. The number of hydrogen-bond acceptors (Lipinski definition) is 6. The summed E-state index contributed by atoms with van der Waals surface area (Å²) in [4.78, 5) is 25.4. The highest BCUT2D eigenvalue weighted by Gasteiger charge is 2.33. The number of ether oxygens (including phenoxy) is 1. The maximum absolute atomic E-state index is 12.1. The number of benzene rings is 1. The fourth-order valence-electron chi connectivity index (χ4n) is 2.67. The van der Waals surface area contributed by atoms with Crippen molar-refractivity contribution in [3.05, 3.63) is 36.1 Å². The Balaban J connectivity index is 1.58. The lowest BCUT2D eigenvalue weighted by atomic mass is 10.2. The minimum atomic E-state index is -3.08. The highest BCUT2D eigenvalue weighted by Crippen LogP contribution is 2.20. The molecule has 1 fully saturated rings. The van der Waals surface area contributed by atoms with Gasteiger partial charge in [0, 0.05) is 18.5 Å². The average Bonchev–Trinajstić information content (AvgIpc) is 3.14. The molecule has 8 heteroatoms. The maximum Gasteiger partial charge on any atom is 0.374 e. The Morgan fingerprint density at radius 2 is 2.08 bits per heavy atom. The summed E-state index contributed by atoms with van der Waals surface area (Å²) in [5, 5.41) is 0.768. The van der Waals surface area contributed by atoms with E-state index in [9.17, 15) is 18.0 Å². The van der Waals surface area contributed by atoms with E-state index in [2.05, 4.69) is 0 Å². The number of likely N-dealkylation sites (N-methyl/N-ethyl adjacent to an activating group) is 1. The van der Waals surface area contributed by atoms with Crippen molar-refractivity contribution in [3.63, 3.8) is 0 Å². The number of fused-ring (bicyclic) bond motifs is 1. The highest BCUT2D eigenvalue weighted by molar-refractivity contribution is 7.91. The molecule has 0 unspecified atom stereocenters. The highest BCUT2D eigenvalue weighted by atomic mass is 32.2. The van der Waals surface area contributed by atoms with Crippen molar-refractivity contribution >= 4 is 32.7 Å². The van der Waals surface area contributed by atoms with E-state index in [-0.39, 0.29) is 23.3 Å². The van der Waals surface area contributed by atoms with E-state index >= 15 is 0 Å². The first-order chi connectivity index (χ1) is 11.4. The monoisotopic (exact) mass is 351 g/mol. The summed E-state index contributed by atoms with van der Waals surface area (Å²) in [7, 11) is -1.56. The van der Waals surface area contributed by atoms with Crippen LogP contribution < -0.4 is 0 Å². The van der Waals surface area contributed by atoms with Crippen molar-refractivity contribution in [2.45, 2.75) is 12.5 Å². The molecule has 0 N–H and O–H groups in total. The van der Waals surface area contributed by atoms with Crippen LogP contribution in [0.5, 0.6) is 0 Å². The lowest BCUT2D eigenvalue weighted by molar-refractivity contribution is -0.134. The van der Waals surface area contributed by atoms with Gasteiger partial charge in [-0.3, -0.25) is 4.79 Å². The number of rotatable bonds is 4. The lowest BCUT2D eigenvalue weighted by Gasteiger charge is -2.22. The minimum absolute atomic E-state index is 0.0232. The molecule has 1 aromatic heterocycles. The fraction of sp³-hybridized carbons (Fsp3) is 0.375. The second-order valence-corrected chi connectivity index (χ2v) is 8.01. The van der Waals surface area contributed by atoms with Gasteiger partial charge < -0.3 is 14.1 Å². The predicted molar refractivity (Wildman–Crippen MR) is 86.3 cm³/mol. The molecule has 24 heavy (non-hydrogen) atoms. The molecular formula is C16H17NO6S. The Kier molecular flexibility index (Phi) is 4.31. The molecule has 0 bridgehead atoms. The van der Waals surface area contributed by atoms with Crippen molar-refractivity contribution in [3.8, 4) is 0 Å². The van der Waals surface area contributed by atoms with E-state index < -0.39 is 28.3 Å². The van der Waals surface area contributed by atoms with Crippen LogP contribution in [0, 0.1) is 0 Å². The normalized spacial score (nSPS) is 19.3. The van der Waals surface area contributed by atoms with Crippen LogP contribution in [0.2, 0.25) is 0 Å². The number of esters is 1. The van der Waals surface area contributed by atoms with Crippen LogP contribution in [0.1, 0.15) is 17.0 Å². The maximum atomic E-state index is 12.1. The smallest absolute Gasteiger partial charge is 0.374 e. The van der Waals surface area contributed by atoms with Gasteiger partial charge in [-0.2, -0.15) is 0 Å². The number of carbonyl (C=O) groups excluding carboxylic acids is 2. The van der Waals surface area contributed by atoms with Crippen molar-refractivity contribution in [2.75, 3.05) is 25.2 Å². The first kappa shape index (κ1) is 16.5. The molecule has 0 spiro atoms. The number of carbonyl (C=O) groups is 2. The van der Waals surface area contributed by atoms with Gasteiger partial charge in [0.2, 0.25) is 5.76 Å². The summed E-state index contributed by atoms with van der Waals surface area (Å²) in [6.45, 7) is -0.455. The van der Waals surface area contributed by atoms with Gasteiger partial charge in [0.05, 0.1) is 11.5 Å². The van der Waals surface area contributed by atoms with E-state index in [1.54, 1.807) is 24.3 Å². The summed E-state index contributed by atoms with van der Waals surface area (Å²) in [6.07, 6.45) is 0.405. The van der Waals surface area contributed by atoms with Gasteiger partial charge in [-0.15, -0.1) is 0 Å². The van der Waals surface area contributed by atoms with Crippen LogP contribution in [0.15, 0.2) is 34.7 Å². The summed E-state index contributed by atoms with van der Waals surface area (Å²) in [5.41, 5.74) is 0.559. The topological polar surface area (TPSA) is 93.9 Å². The largest absolute Gasteiger partial charge is 0.450 e. The van der Waals surface area contributed by atoms with Crippen molar-refractivity contribution in [1.29, 1.82) is 0 Å². The molecule has 0 radical (unpaired) electrons. The zero-order valence-electron chi connectivity index (χ0n) is 13.1. The Hall–Kier alpha value is -2.35. The summed E-state index contributed by atoms with van der Waals surface area (Å²) in [6, 6.07) is 8.32. The molecule has 0 saturated carbocycles. The molecule has 128 valence electrons. The number of sulfone groups is 1. The SMILES string of the molecule is CN(C(=O)COC(=O)c1cc2ccccc2o1)[C@@H]1CCS(=O)(=O)C1. The molecule has 1 atom stereocenters. The molecule has 2 heterocycles. The first-order valence-electron chi connectivity index (χ1n) is 7.47. The molecule has 1 saturated heterocycles. The zero-order chi connectivity index (χ0) is 17.3. The number of nitrogens with zero attached hydrogens (tertiary/aromatic N) is 1. The van der Waals surface area contributed by atoms with Crippen LogP contribution >= 0.6 is 0 Å². The van der Waals surface area contributed by atoms with Crippen molar-refractivity contribution < 1.29 is 27.2 Å². The first-order valence-corrected chi connectivity index (χ1v) is 9.30. The van der Waals surface area contributed by atoms with E-state index in [4.69, 9.17) is 9.15 Å².